The van der Waals surface area contributed by atoms with Gasteiger partial charge in [-0.3, -0.25) is 0 Å². The van der Waals surface area contributed by atoms with Gasteiger partial charge < -0.3 is 4.74 Å². The molecule has 2 rings (SSSR count). The zero-order valence-corrected chi connectivity index (χ0v) is 7.77. The predicted molar refractivity (Wildman–Crippen MR) is 48.1 cm³/mol. The zero-order chi connectivity index (χ0) is 8.55. The molecule has 0 spiro atoms. The Morgan fingerprint density at radius 3 is 3.08 bits per heavy atom. The highest BCUT2D eigenvalue weighted by atomic mass is 79.9. The van der Waals surface area contributed by atoms with E-state index in [1.807, 2.05) is 12.2 Å². The van der Waals surface area contributed by atoms with Gasteiger partial charge in [0.1, 0.15) is 6.26 Å². The molecule has 0 amide bonds. The van der Waals surface area contributed by atoms with E-state index in [1.165, 1.54) is 12.3 Å². The van der Waals surface area contributed by atoms with Crippen molar-refractivity contribution < 1.29 is 9.13 Å². The summed E-state index contributed by atoms with van der Waals surface area (Å²) >= 11 is 3.37. The summed E-state index contributed by atoms with van der Waals surface area (Å²) in [5.41, 5.74) is 1.79. The molecule has 0 aromatic rings. The molecule has 1 aliphatic carbocycles. The standard InChI is InChI=1S/C9H6BrFO/c10-8-3-1-2-6-4-9(11)12-5-7(6)8/h2-5H,1H2. The summed E-state index contributed by atoms with van der Waals surface area (Å²) in [4.78, 5) is 0. The van der Waals surface area contributed by atoms with Crippen molar-refractivity contribution in [3.05, 3.63) is 46.1 Å². The van der Waals surface area contributed by atoms with Crippen LogP contribution in [0.25, 0.3) is 0 Å². The molecule has 0 aromatic carbocycles. The summed E-state index contributed by atoms with van der Waals surface area (Å²) in [6.45, 7) is 0. The summed E-state index contributed by atoms with van der Waals surface area (Å²) in [5.74, 6) is 0. The molecule has 0 saturated heterocycles. The number of rotatable bonds is 0. The maximum Gasteiger partial charge on any atom is 0.278 e. The van der Waals surface area contributed by atoms with Gasteiger partial charge in [0.25, 0.3) is 6.01 Å². The minimum atomic E-state index is -0.549. The monoisotopic (exact) mass is 228 g/mol. The fourth-order valence-corrected chi connectivity index (χ4v) is 1.69. The SMILES string of the molecule is FC1=CC2=CCC=C(Br)C2=CO1. The largest absolute Gasteiger partial charge is 0.439 e. The van der Waals surface area contributed by atoms with E-state index in [1.54, 1.807) is 0 Å². The van der Waals surface area contributed by atoms with Crippen molar-refractivity contribution in [3.8, 4) is 0 Å². The van der Waals surface area contributed by atoms with Crippen molar-refractivity contribution in [3.63, 3.8) is 0 Å². The highest BCUT2D eigenvalue weighted by Gasteiger charge is 2.16. The molecule has 0 radical (unpaired) electrons. The Kier molecular flexibility index (Phi) is 1.89. The number of hydrogen-bond donors (Lipinski definition) is 0. The van der Waals surface area contributed by atoms with Gasteiger partial charge in [-0.15, -0.1) is 0 Å². The predicted octanol–water partition coefficient (Wildman–Crippen LogP) is 3.32. The summed E-state index contributed by atoms with van der Waals surface area (Å²) in [6.07, 6.45) is 7.61. The quantitative estimate of drug-likeness (QED) is 0.619. The normalized spacial score (nSPS) is 21.2. The molecule has 0 saturated carbocycles. The first-order chi connectivity index (χ1) is 5.77. The van der Waals surface area contributed by atoms with Gasteiger partial charge in [-0.1, -0.05) is 28.1 Å². The molecule has 1 heterocycles. The Labute approximate surface area is 78.0 Å². The Hall–Kier alpha value is -0.830. The van der Waals surface area contributed by atoms with Gasteiger partial charge in [0.2, 0.25) is 0 Å². The van der Waals surface area contributed by atoms with Crippen molar-refractivity contribution in [1.29, 1.82) is 0 Å². The maximum atomic E-state index is 12.6. The molecule has 0 N–H and O–H groups in total. The van der Waals surface area contributed by atoms with Gasteiger partial charge in [-0.25, -0.2) is 0 Å². The van der Waals surface area contributed by atoms with Crippen LogP contribution in [0.4, 0.5) is 4.39 Å². The van der Waals surface area contributed by atoms with Crippen LogP contribution in [0.15, 0.2) is 46.1 Å². The van der Waals surface area contributed by atoms with Crippen LogP contribution in [-0.2, 0) is 4.74 Å². The van der Waals surface area contributed by atoms with Crippen LogP contribution in [-0.4, -0.2) is 0 Å². The van der Waals surface area contributed by atoms with E-state index in [0.29, 0.717) is 0 Å². The molecular weight excluding hydrogens is 223 g/mol. The van der Waals surface area contributed by atoms with Gasteiger partial charge in [-0.2, -0.15) is 4.39 Å². The second kappa shape index (κ2) is 2.90. The van der Waals surface area contributed by atoms with Crippen LogP contribution in [0.1, 0.15) is 6.42 Å². The number of hydrogen-bond acceptors (Lipinski definition) is 1. The van der Waals surface area contributed by atoms with E-state index in [4.69, 9.17) is 0 Å². The van der Waals surface area contributed by atoms with Crippen LogP contribution in [0, 0.1) is 0 Å². The van der Waals surface area contributed by atoms with Gasteiger partial charge >= 0.3 is 0 Å². The first-order valence-corrected chi connectivity index (χ1v) is 4.37. The number of ether oxygens (including phenoxy) is 1. The molecule has 0 atom stereocenters. The summed E-state index contributed by atoms with van der Waals surface area (Å²) in [6, 6.07) is -0.549. The molecule has 2 aliphatic rings. The van der Waals surface area contributed by atoms with Gasteiger partial charge in [0.05, 0.1) is 0 Å². The van der Waals surface area contributed by atoms with Gasteiger partial charge in [0.15, 0.2) is 0 Å². The third-order valence-corrected chi connectivity index (χ3v) is 2.51. The molecule has 1 nitrogen and oxygen atoms in total. The summed E-state index contributed by atoms with van der Waals surface area (Å²) in [5, 5.41) is 0. The number of allylic oxidation sites excluding steroid dienone is 6. The topological polar surface area (TPSA) is 9.23 Å². The maximum absolute atomic E-state index is 12.6. The smallest absolute Gasteiger partial charge is 0.278 e. The van der Waals surface area contributed by atoms with Crippen LogP contribution < -0.4 is 0 Å². The van der Waals surface area contributed by atoms with Crippen molar-refractivity contribution in [2.75, 3.05) is 0 Å². The number of fused-ring (bicyclic) bond motifs is 1. The van der Waals surface area contributed by atoms with Crippen LogP contribution >= 0.6 is 15.9 Å². The lowest BCUT2D eigenvalue weighted by molar-refractivity contribution is 0.241. The minimum absolute atomic E-state index is 0.549. The van der Waals surface area contributed by atoms with E-state index in [-0.39, 0.29) is 0 Å². The minimum Gasteiger partial charge on any atom is -0.439 e. The lowest BCUT2D eigenvalue weighted by Gasteiger charge is -2.15. The van der Waals surface area contributed by atoms with Crippen LogP contribution in [0.3, 0.4) is 0 Å². The third-order valence-electron chi connectivity index (χ3n) is 1.76. The van der Waals surface area contributed by atoms with Crippen LogP contribution in [0.2, 0.25) is 0 Å². The Bertz CT molecular complexity index is 336. The highest BCUT2D eigenvalue weighted by molar-refractivity contribution is 9.12. The molecule has 0 aromatic heterocycles. The molecule has 1 aliphatic heterocycles. The van der Waals surface area contributed by atoms with E-state index >= 15 is 0 Å². The van der Waals surface area contributed by atoms with Crippen molar-refractivity contribution >= 4 is 15.9 Å². The van der Waals surface area contributed by atoms with Gasteiger partial charge in [-0.05, 0) is 12.0 Å². The molecule has 62 valence electrons. The zero-order valence-electron chi connectivity index (χ0n) is 6.18. The first-order valence-electron chi connectivity index (χ1n) is 3.58. The van der Waals surface area contributed by atoms with E-state index in [9.17, 15) is 4.39 Å². The van der Waals surface area contributed by atoms with Crippen molar-refractivity contribution in [2.24, 2.45) is 0 Å². The van der Waals surface area contributed by atoms with E-state index in [2.05, 4.69) is 20.7 Å². The molecule has 12 heavy (non-hydrogen) atoms. The average Bonchev–Trinajstić information content (AvgIpc) is 2.04. The fraction of sp³-hybridized carbons (Fsp3) is 0.111. The summed E-state index contributed by atoms with van der Waals surface area (Å²) in [7, 11) is 0. The molecule has 0 bridgehead atoms. The van der Waals surface area contributed by atoms with E-state index < -0.39 is 6.01 Å². The fourth-order valence-electron chi connectivity index (χ4n) is 1.18. The molecule has 3 heteroatoms. The summed E-state index contributed by atoms with van der Waals surface area (Å²) < 4.78 is 18.2. The van der Waals surface area contributed by atoms with Crippen molar-refractivity contribution in [1.82, 2.24) is 0 Å². The van der Waals surface area contributed by atoms with Crippen LogP contribution in [0.5, 0.6) is 0 Å². The first kappa shape index (κ1) is 7.80. The Morgan fingerprint density at radius 2 is 2.25 bits per heavy atom. The van der Waals surface area contributed by atoms with E-state index in [0.717, 1.165) is 22.0 Å². The molecular formula is C9H6BrFO. The average molecular weight is 229 g/mol. The lowest BCUT2D eigenvalue weighted by Crippen LogP contribution is -1.99. The Balaban J connectivity index is 2.39. The second-order valence-corrected chi connectivity index (χ2v) is 3.40. The van der Waals surface area contributed by atoms with Gasteiger partial charge in [0, 0.05) is 16.1 Å². The lowest BCUT2D eigenvalue weighted by atomic mass is 10.00. The number of halogens is 2. The van der Waals surface area contributed by atoms with Crippen molar-refractivity contribution in [2.45, 2.75) is 6.42 Å². The Morgan fingerprint density at radius 1 is 1.42 bits per heavy atom. The molecule has 0 unspecified atom stereocenters. The highest BCUT2D eigenvalue weighted by Crippen LogP contribution is 2.33. The molecule has 0 fully saturated rings. The third kappa shape index (κ3) is 1.25. The second-order valence-electron chi connectivity index (χ2n) is 2.55.